The zero-order valence-corrected chi connectivity index (χ0v) is 18.4. The van der Waals surface area contributed by atoms with Gasteiger partial charge in [0.05, 0.1) is 9.79 Å². The summed E-state index contributed by atoms with van der Waals surface area (Å²) in [5.74, 6) is -0.0170. The van der Waals surface area contributed by atoms with Crippen LogP contribution in [0, 0.1) is 5.92 Å². The summed E-state index contributed by atoms with van der Waals surface area (Å²) in [4.78, 5) is -0.387. The number of sulfonamides is 2. The molecule has 0 heterocycles. The molecule has 28 heavy (non-hydrogen) atoms. The number of rotatable bonds is 6. The van der Waals surface area contributed by atoms with Crippen molar-refractivity contribution in [1.29, 1.82) is 0 Å². The van der Waals surface area contributed by atoms with Crippen LogP contribution in [0.4, 0.5) is 0 Å². The van der Waals surface area contributed by atoms with Gasteiger partial charge >= 0.3 is 0 Å². The van der Waals surface area contributed by atoms with Crippen molar-refractivity contribution in [2.45, 2.75) is 55.9 Å². The molecule has 3 N–H and O–H groups in total. The van der Waals surface area contributed by atoms with Crippen LogP contribution in [-0.2, 0) is 25.5 Å². The molecule has 1 unspecified atom stereocenters. The van der Waals surface area contributed by atoms with Crippen LogP contribution in [0.15, 0.2) is 58.3 Å². The maximum absolute atomic E-state index is 12.9. The highest BCUT2D eigenvalue weighted by atomic mass is 32.2. The van der Waals surface area contributed by atoms with Crippen LogP contribution >= 0.6 is 0 Å². The van der Waals surface area contributed by atoms with Crippen LogP contribution in [0.1, 0.15) is 51.8 Å². The van der Waals surface area contributed by atoms with Crippen LogP contribution in [0.3, 0.4) is 0 Å². The molecule has 0 amide bonds. The lowest BCUT2D eigenvalue weighted by Gasteiger charge is -2.25. The van der Waals surface area contributed by atoms with Crippen molar-refractivity contribution in [3.8, 4) is 0 Å². The Morgan fingerprint density at radius 2 is 1.43 bits per heavy atom. The van der Waals surface area contributed by atoms with Crippen molar-refractivity contribution in [2.75, 3.05) is 0 Å². The van der Waals surface area contributed by atoms with Gasteiger partial charge < -0.3 is 0 Å². The lowest BCUT2D eigenvalue weighted by Crippen LogP contribution is -2.32. The molecular formula is C20H28N2O4S2. The Labute approximate surface area is 168 Å². The topological polar surface area (TPSA) is 106 Å². The molecule has 2 aromatic rings. The molecule has 0 fully saturated rings. The van der Waals surface area contributed by atoms with E-state index in [1.807, 2.05) is 38.1 Å². The summed E-state index contributed by atoms with van der Waals surface area (Å²) in [7, 11) is -7.94. The Balaban J connectivity index is 2.39. The minimum atomic E-state index is -3.99. The van der Waals surface area contributed by atoms with Crippen molar-refractivity contribution in [1.82, 2.24) is 4.72 Å². The third-order valence-electron chi connectivity index (χ3n) is 4.53. The lowest BCUT2D eigenvalue weighted by atomic mass is 9.85. The molecule has 2 rings (SSSR count). The summed E-state index contributed by atoms with van der Waals surface area (Å²) in [5.41, 5.74) is 2.00. The Morgan fingerprint density at radius 1 is 0.893 bits per heavy atom. The highest BCUT2D eigenvalue weighted by Crippen LogP contribution is 2.28. The number of hydrogen-bond donors (Lipinski definition) is 2. The van der Waals surface area contributed by atoms with Gasteiger partial charge in [-0.3, -0.25) is 0 Å². The Hall–Kier alpha value is -1.74. The molecule has 0 saturated heterocycles. The predicted molar refractivity (Wildman–Crippen MR) is 111 cm³/mol. The van der Waals surface area contributed by atoms with Crippen molar-refractivity contribution in [2.24, 2.45) is 11.1 Å². The normalized spacial score (nSPS) is 14.2. The van der Waals surface area contributed by atoms with Crippen LogP contribution in [0.5, 0.6) is 0 Å². The average Bonchev–Trinajstić information content (AvgIpc) is 2.58. The second-order valence-corrected chi connectivity index (χ2v) is 11.5. The van der Waals surface area contributed by atoms with E-state index in [0.29, 0.717) is 0 Å². The molecule has 0 aromatic heterocycles. The Bertz CT molecular complexity index is 1040. The highest BCUT2D eigenvalue weighted by molar-refractivity contribution is 7.90. The molecular weight excluding hydrogens is 396 g/mol. The van der Waals surface area contributed by atoms with Gasteiger partial charge in [0, 0.05) is 6.04 Å². The van der Waals surface area contributed by atoms with Crippen molar-refractivity contribution in [3.05, 3.63) is 59.7 Å². The maximum Gasteiger partial charge on any atom is 0.241 e. The number of primary sulfonamides is 1. The largest absolute Gasteiger partial charge is 0.241 e. The minimum Gasteiger partial charge on any atom is -0.225 e. The van der Waals surface area contributed by atoms with Gasteiger partial charge in [-0.1, -0.05) is 65.0 Å². The van der Waals surface area contributed by atoms with E-state index in [9.17, 15) is 16.8 Å². The fourth-order valence-corrected chi connectivity index (χ4v) is 4.89. The quantitative estimate of drug-likeness (QED) is 0.742. The lowest BCUT2D eigenvalue weighted by molar-refractivity contribution is 0.462. The van der Waals surface area contributed by atoms with Crippen molar-refractivity contribution in [3.63, 3.8) is 0 Å². The fourth-order valence-electron chi connectivity index (χ4n) is 2.83. The molecule has 0 aliphatic rings. The van der Waals surface area contributed by atoms with E-state index in [0.717, 1.165) is 17.2 Å². The monoisotopic (exact) mass is 424 g/mol. The molecule has 154 valence electrons. The summed E-state index contributed by atoms with van der Waals surface area (Å²) >= 11 is 0. The van der Waals surface area contributed by atoms with E-state index in [4.69, 9.17) is 5.14 Å². The number of nitrogens with two attached hydrogens (primary N) is 1. The maximum atomic E-state index is 12.9. The van der Waals surface area contributed by atoms with Gasteiger partial charge in [-0.2, -0.15) is 0 Å². The first-order chi connectivity index (χ1) is 12.7. The summed E-state index contributed by atoms with van der Waals surface area (Å²) in [5, 5.41) is 5.12. The molecule has 6 nitrogen and oxygen atoms in total. The molecule has 1 atom stereocenters. The van der Waals surface area contributed by atoms with Crippen molar-refractivity contribution < 1.29 is 16.8 Å². The Kier molecular flexibility index (Phi) is 6.40. The molecule has 0 bridgehead atoms. The summed E-state index contributed by atoms with van der Waals surface area (Å²) in [6.07, 6.45) is 0. The zero-order chi connectivity index (χ0) is 21.3. The molecule has 0 spiro atoms. The SMILES string of the molecule is CC(C)C(NS(=O)(=O)c1cccc(S(N)(=O)=O)c1)c1ccc(C(C)(C)C)cc1. The average molecular weight is 425 g/mol. The van der Waals surface area contributed by atoms with Gasteiger partial charge in [-0.05, 0) is 40.7 Å². The fraction of sp³-hybridized carbons (Fsp3) is 0.400. The molecule has 0 saturated carbocycles. The van der Waals surface area contributed by atoms with Crippen LogP contribution in [0.25, 0.3) is 0 Å². The molecule has 0 aliphatic carbocycles. The standard InChI is InChI=1S/C20H28N2O4S2/c1-14(2)19(15-9-11-16(12-10-15)20(3,4)5)22-28(25,26)18-8-6-7-17(13-18)27(21,23)24/h6-14,19,22H,1-5H3,(H2,21,23,24). The van der Waals surface area contributed by atoms with E-state index in [1.54, 1.807) is 0 Å². The first kappa shape index (κ1) is 22.5. The van der Waals surface area contributed by atoms with Gasteiger partial charge in [-0.15, -0.1) is 0 Å². The first-order valence-corrected chi connectivity index (χ1v) is 12.0. The molecule has 2 aromatic carbocycles. The number of nitrogens with one attached hydrogen (secondary N) is 1. The molecule has 0 aliphatic heterocycles. The van der Waals surface area contributed by atoms with Gasteiger partial charge in [0.1, 0.15) is 0 Å². The van der Waals surface area contributed by atoms with E-state index < -0.39 is 26.1 Å². The second kappa shape index (κ2) is 7.94. The molecule has 0 radical (unpaired) electrons. The highest BCUT2D eigenvalue weighted by Gasteiger charge is 2.25. The smallest absolute Gasteiger partial charge is 0.225 e. The van der Waals surface area contributed by atoms with Crippen LogP contribution in [-0.4, -0.2) is 16.8 Å². The van der Waals surface area contributed by atoms with E-state index in [1.165, 1.54) is 18.2 Å². The van der Waals surface area contributed by atoms with Gasteiger partial charge in [0.15, 0.2) is 0 Å². The van der Waals surface area contributed by atoms with Gasteiger partial charge in [0.25, 0.3) is 0 Å². The third-order valence-corrected chi connectivity index (χ3v) is 6.88. The number of hydrogen-bond acceptors (Lipinski definition) is 4. The van der Waals surface area contributed by atoms with Crippen LogP contribution in [0.2, 0.25) is 0 Å². The summed E-state index contributed by atoms with van der Waals surface area (Å²) < 4.78 is 51.5. The minimum absolute atomic E-state index is 0.000479. The summed E-state index contributed by atoms with van der Waals surface area (Å²) in [6, 6.07) is 12.4. The summed E-state index contributed by atoms with van der Waals surface area (Å²) in [6.45, 7) is 10.2. The van der Waals surface area contributed by atoms with Gasteiger partial charge in [-0.25, -0.2) is 26.7 Å². The molecule has 8 heteroatoms. The third kappa shape index (κ3) is 5.41. The predicted octanol–water partition coefficient (Wildman–Crippen LogP) is 3.31. The van der Waals surface area contributed by atoms with E-state index in [-0.39, 0.29) is 21.1 Å². The second-order valence-electron chi connectivity index (χ2n) is 8.23. The zero-order valence-electron chi connectivity index (χ0n) is 16.8. The van der Waals surface area contributed by atoms with E-state index >= 15 is 0 Å². The Morgan fingerprint density at radius 3 is 1.89 bits per heavy atom. The first-order valence-electron chi connectivity index (χ1n) is 8.97. The van der Waals surface area contributed by atoms with Crippen LogP contribution < -0.4 is 9.86 Å². The van der Waals surface area contributed by atoms with E-state index in [2.05, 4.69) is 25.5 Å². The van der Waals surface area contributed by atoms with Gasteiger partial charge in [0.2, 0.25) is 20.0 Å². The van der Waals surface area contributed by atoms with Crippen molar-refractivity contribution >= 4 is 20.0 Å². The number of benzene rings is 2.